The highest BCUT2D eigenvalue weighted by Gasteiger charge is 2.37. The zero-order chi connectivity index (χ0) is 31.1. The fourth-order valence-corrected chi connectivity index (χ4v) is 6.78. The Balaban J connectivity index is 1.85. The van der Waals surface area contributed by atoms with Crippen molar-refractivity contribution in [3.63, 3.8) is 0 Å². The van der Waals surface area contributed by atoms with Gasteiger partial charge < -0.3 is 15.4 Å². The van der Waals surface area contributed by atoms with Gasteiger partial charge in [-0.15, -0.1) is 0 Å². The van der Waals surface area contributed by atoms with Crippen LogP contribution in [0, 0.1) is 6.92 Å². The number of amides is 1. The number of carboxylic acid groups (broad SMARTS) is 1. The first-order valence-corrected chi connectivity index (χ1v) is 15.2. The molecule has 0 spiro atoms. The van der Waals surface area contributed by atoms with Gasteiger partial charge in [-0.05, 0) is 61.2 Å². The van der Waals surface area contributed by atoms with Gasteiger partial charge in [0.05, 0.1) is 38.7 Å². The standard InChI is InChI=1S/C26H27Cl2F3N4O6S/c1-3-42(40,41)20-7-13(2)19(27)8-14(20)10-35-23(36)16-9-18(26(29,30)31)17(21(28)22(16)33-24(35)37)12-34-6-4-5-15(11-34)32-25(38)39/h7-9,15,32H,3-6,10-12H2,1-2H3,(H,33,37)(H,38,39)/t15-/m1/s1. The average Bonchev–Trinajstić information content (AvgIpc) is 2.89. The highest BCUT2D eigenvalue weighted by molar-refractivity contribution is 7.91. The van der Waals surface area contributed by atoms with Gasteiger partial charge >= 0.3 is 18.0 Å². The zero-order valence-electron chi connectivity index (χ0n) is 22.4. The minimum absolute atomic E-state index is 0.0211. The number of aromatic nitrogens is 2. The molecule has 10 nitrogen and oxygen atoms in total. The fourth-order valence-electron chi connectivity index (χ4n) is 5.10. The highest BCUT2D eigenvalue weighted by Crippen LogP contribution is 2.39. The van der Waals surface area contributed by atoms with Crippen LogP contribution in [0.2, 0.25) is 10.0 Å². The van der Waals surface area contributed by atoms with Crippen LogP contribution in [0.5, 0.6) is 0 Å². The Morgan fingerprint density at radius 3 is 2.50 bits per heavy atom. The van der Waals surface area contributed by atoms with Gasteiger partial charge in [0.1, 0.15) is 0 Å². The van der Waals surface area contributed by atoms with Gasteiger partial charge in [-0.1, -0.05) is 30.1 Å². The van der Waals surface area contributed by atoms with Crippen molar-refractivity contribution in [1.29, 1.82) is 0 Å². The first kappa shape index (κ1) is 31.9. The third kappa shape index (κ3) is 6.46. The molecular formula is C26H27Cl2F3N4O6S. The summed E-state index contributed by atoms with van der Waals surface area (Å²) in [6, 6.07) is 2.75. The largest absolute Gasteiger partial charge is 0.465 e. The molecule has 1 fully saturated rings. The smallest absolute Gasteiger partial charge is 0.416 e. The Labute approximate surface area is 248 Å². The predicted molar refractivity (Wildman–Crippen MR) is 151 cm³/mol. The highest BCUT2D eigenvalue weighted by atomic mass is 35.5. The normalized spacial score (nSPS) is 16.6. The van der Waals surface area contributed by atoms with Crippen LogP contribution in [0.4, 0.5) is 18.0 Å². The number of sulfone groups is 1. The lowest BCUT2D eigenvalue weighted by molar-refractivity contribution is -0.138. The topological polar surface area (TPSA) is 142 Å². The maximum Gasteiger partial charge on any atom is 0.416 e. The summed E-state index contributed by atoms with van der Waals surface area (Å²) in [5.41, 5.74) is -3.51. The number of likely N-dealkylation sites (tertiary alicyclic amines) is 1. The van der Waals surface area contributed by atoms with Crippen molar-refractivity contribution >= 4 is 50.0 Å². The van der Waals surface area contributed by atoms with Crippen molar-refractivity contribution in [2.24, 2.45) is 0 Å². The number of halogens is 5. The van der Waals surface area contributed by atoms with Crippen molar-refractivity contribution < 1.29 is 31.5 Å². The molecule has 228 valence electrons. The lowest BCUT2D eigenvalue weighted by Crippen LogP contribution is -2.47. The second-order valence-electron chi connectivity index (χ2n) is 10.1. The first-order chi connectivity index (χ1) is 19.5. The molecule has 4 rings (SSSR count). The SMILES string of the molecule is CCS(=O)(=O)c1cc(C)c(Cl)cc1Cn1c(=O)[nH]c2c(Cl)c(CN3CCC[C@@H](NC(=O)O)C3)c(C(F)(F)F)cc2c1=O. The number of carbonyl (C=O) groups is 1. The molecule has 16 heteroatoms. The number of aryl methyl sites for hydroxylation is 1. The van der Waals surface area contributed by atoms with Crippen molar-refractivity contribution in [3.05, 3.63) is 71.3 Å². The molecule has 3 N–H and O–H groups in total. The Morgan fingerprint density at radius 2 is 1.88 bits per heavy atom. The number of benzene rings is 2. The van der Waals surface area contributed by atoms with E-state index in [1.807, 2.05) is 0 Å². The van der Waals surface area contributed by atoms with Crippen LogP contribution >= 0.6 is 23.2 Å². The molecule has 3 aromatic rings. The van der Waals surface area contributed by atoms with E-state index in [-0.39, 0.29) is 45.4 Å². The van der Waals surface area contributed by atoms with E-state index >= 15 is 0 Å². The van der Waals surface area contributed by atoms with Crippen LogP contribution in [0.1, 0.15) is 42.0 Å². The molecule has 1 aliphatic rings. The summed E-state index contributed by atoms with van der Waals surface area (Å²) in [5.74, 6) is -0.276. The molecule has 1 aromatic heterocycles. The lowest BCUT2D eigenvalue weighted by atomic mass is 10.0. The van der Waals surface area contributed by atoms with Crippen molar-refractivity contribution in [2.75, 3.05) is 18.8 Å². The molecule has 1 amide bonds. The number of nitrogens with zero attached hydrogens (tertiary/aromatic N) is 2. The third-order valence-electron chi connectivity index (χ3n) is 7.23. The monoisotopic (exact) mass is 650 g/mol. The number of nitrogens with one attached hydrogen (secondary N) is 2. The summed E-state index contributed by atoms with van der Waals surface area (Å²) in [7, 11) is -3.82. The zero-order valence-corrected chi connectivity index (χ0v) is 24.8. The van der Waals surface area contributed by atoms with E-state index in [2.05, 4.69) is 10.3 Å². The number of alkyl halides is 3. The molecular weight excluding hydrogens is 624 g/mol. The van der Waals surface area contributed by atoms with Crippen molar-refractivity contribution in [2.45, 2.75) is 56.9 Å². The van der Waals surface area contributed by atoms with Gasteiger partial charge in [0.2, 0.25) is 0 Å². The summed E-state index contributed by atoms with van der Waals surface area (Å²) in [5, 5.41) is 10.5. The molecule has 1 saturated heterocycles. The molecule has 1 aliphatic heterocycles. The van der Waals surface area contributed by atoms with Gasteiger partial charge in [-0.2, -0.15) is 13.2 Å². The maximum atomic E-state index is 14.3. The summed E-state index contributed by atoms with van der Waals surface area (Å²) in [4.78, 5) is 41.5. The molecule has 0 bridgehead atoms. The lowest BCUT2D eigenvalue weighted by Gasteiger charge is -2.33. The Bertz CT molecular complexity index is 1790. The molecule has 1 atom stereocenters. The number of hydrogen-bond acceptors (Lipinski definition) is 6. The Hall–Kier alpha value is -3.07. The number of hydrogen-bond donors (Lipinski definition) is 3. The van der Waals surface area contributed by atoms with Gasteiger partial charge in [0.25, 0.3) is 5.56 Å². The minimum Gasteiger partial charge on any atom is -0.465 e. The summed E-state index contributed by atoms with van der Waals surface area (Å²) in [6.45, 7) is 2.63. The fraction of sp³-hybridized carbons (Fsp3) is 0.423. The second-order valence-corrected chi connectivity index (χ2v) is 13.1. The summed E-state index contributed by atoms with van der Waals surface area (Å²) in [6.07, 6.45) is -5.14. The molecule has 0 aliphatic carbocycles. The molecule has 0 radical (unpaired) electrons. The number of piperidine rings is 1. The van der Waals surface area contributed by atoms with E-state index in [0.29, 0.717) is 35.6 Å². The Morgan fingerprint density at radius 1 is 1.19 bits per heavy atom. The van der Waals surface area contributed by atoms with Crippen LogP contribution in [-0.2, 0) is 29.1 Å². The van der Waals surface area contributed by atoms with Crippen molar-refractivity contribution in [3.8, 4) is 0 Å². The molecule has 2 heterocycles. The van der Waals surface area contributed by atoms with E-state index < -0.39 is 61.9 Å². The van der Waals surface area contributed by atoms with Crippen molar-refractivity contribution in [1.82, 2.24) is 19.8 Å². The van der Waals surface area contributed by atoms with E-state index in [4.69, 9.17) is 28.3 Å². The number of rotatable bonds is 7. The minimum atomic E-state index is -4.93. The van der Waals surface area contributed by atoms with Crippen LogP contribution < -0.4 is 16.6 Å². The maximum absolute atomic E-state index is 14.3. The van der Waals surface area contributed by atoms with Crippen LogP contribution in [0.15, 0.2) is 32.7 Å². The molecule has 0 unspecified atom stereocenters. The number of aromatic amines is 1. The number of H-pyrrole nitrogens is 1. The van der Waals surface area contributed by atoms with Gasteiger partial charge in [-0.25, -0.2) is 18.0 Å². The van der Waals surface area contributed by atoms with E-state index in [1.54, 1.807) is 11.8 Å². The first-order valence-electron chi connectivity index (χ1n) is 12.8. The Kier molecular flexibility index (Phi) is 9.03. The van der Waals surface area contributed by atoms with Crippen LogP contribution in [0.25, 0.3) is 10.9 Å². The van der Waals surface area contributed by atoms with Crippen LogP contribution in [0.3, 0.4) is 0 Å². The second kappa shape index (κ2) is 11.9. The van der Waals surface area contributed by atoms with Gasteiger partial charge in [0.15, 0.2) is 9.84 Å². The van der Waals surface area contributed by atoms with E-state index in [9.17, 15) is 36.0 Å². The van der Waals surface area contributed by atoms with Gasteiger partial charge in [-0.3, -0.25) is 14.3 Å². The average molecular weight is 651 g/mol. The predicted octanol–water partition coefficient (Wildman–Crippen LogP) is 4.40. The number of fused-ring (bicyclic) bond motifs is 1. The summed E-state index contributed by atoms with van der Waals surface area (Å²) >= 11 is 12.6. The summed E-state index contributed by atoms with van der Waals surface area (Å²) < 4.78 is 68.9. The van der Waals surface area contributed by atoms with Gasteiger partial charge in [0, 0.05) is 24.2 Å². The quantitative estimate of drug-likeness (QED) is 0.344. The van der Waals surface area contributed by atoms with E-state index in [0.717, 1.165) is 0 Å². The molecule has 0 saturated carbocycles. The molecule has 42 heavy (non-hydrogen) atoms. The van der Waals surface area contributed by atoms with E-state index in [1.165, 1.54) is 19.1 Å². The molecule has 2 aromatic carbocycles. The third-order valence-corrected chi connectivity index (χ3v) is 9.86. The van der Waals surface area contributed by atoms with Crippen LogP contribution in [-0.4, -0.2) is 59.0 Å².